The van der Waals surface area contributed by atoms with Crippen molar-refractivity contribution in [2.45, 2.75) is 6.54 Å². The Morgan fingerprint density at radius 2 is 1.77 bits per heavy atom. The van der Waals surface area contributed by atoms with Crippen LogP contribution in [-0.2, 0) is 16.1 Å². The molecule has 1 aromatic heterocycles. The lowest BCUT2D eigenvalue weighted by atomic mass is 9.99. The highest BCUT2D eigenvalue weighted by atomic mass is 19.1. The fourth-order valence-electron chi connectivity index (χ4n) is 4.33. The Labute approximate surface area is 200 Å². The highest BCUT2D eigenvalue weighted by Crippen LogP contribution is 2.37. The van der Waals surface area contributed by atoms with Gasteiger partial charge in [0.1, 0.15) is 24.0 Å². The van der Waals surface area contributed by atoms with E-state index in [1.54, 1.807) is 6.20 Å². The molecule has 7 heteroatoms. The zero-order valence-corrected chi connectivity index (χ0v) is 18.4. The fraction of sp³-hybridized carbons (Fsp3) is 0.0357. The largest absolute Gasteiger partial charge is 0.480 e. The van der Waals surface area contributed by atoms with Crippen molar-refractivity contribution in [2.75, 3.05) is 4.90 Å². The zero-order chi connectivity index (χ0) is 24.5. The first-order valence-electron chi connectivity index (χ1n) is 10.8. The Morgan fingerprint density at radius 1 is 1.03 bits per heavy atom. The number of carboxylic acid groups (broad SMARTS) is 1. The second kappa shape index (κ2) is 8.76. The first kappa shape index (κ1) is 21.9. The molecule has 0 radical (unpaired) electrons. The van der Waals surface area contributed by atoms with Crippen molar-refractivity contribution in [2.24, 2.45) is 0 Å². The number of halogens is 1. The van der Waals surface area contributed by atoms with E-state index in [0.29, 0.717) is 22.2 Å². The maximum absolute atomic E-state index is 14.0. The third-order valence-corrected chi connectivity index (χ3v) is 5.87. The molecule has 0 unspecified atom stereocenters. The second-order valence-corrected chi connectivity index (χ2v) is 8.03. The maximum Gasteiger partial charge on any atom is 0.323 e. The minimum absolute atomic E-state index is 0.172. The van der Waals surface area contributed by atoms with Crippen LogP contribution in [0.1, 0.15) is 11.1 Å². The zero-order valence-electron chi connectivity index (χ0n) is 18.4. The third kappa shape index (κ3) is 3.98. The van der Waals surface area contributed by atoms with Gasteiger partial charge in [0.15, 0.2) is 0 Å². The van der Waals surface area contributed by atoms with E-state index in [0.717, 1.165) is 16.7 Å². The van der Waals surface area contributed by atoms with Crippen LogP contribution >= 0.6 is 0 Å². The summed E-state index contributed by atoms with van der Waals surface area (Å²) in [6.07, 6.45) is 6.32. The maximum atomic E-state index is 14.0. The lowest BCUT2D eigenvalue weighted by Gasteiger charge is -2.20. The number of carboxylic acids is 1. The summed E-state index contributed by atoms with van der Waals surface area (Å²) in [6.45, 7) is -0.341. The molecule has 0 bridgehead atoms. The van der Waals surface area contributed by atoms with Crippen LogP contribution in [0.15, 0.2) is 84.7 Å². The molecule has 35 heavy (non-hydrogen) atoms. The van der Waals surface area contributed by atoms with Crippen molar-refractivity contribution in [3.63, 3.8) is 0 Å². The van der Waals surface area contributed by atoms with E-state index < -0.39 is 17.7 Å². The topological polar surface area (TPSA) is 86.3 Å². The van der Waals surface area contributed by atoms with Crippen molar-refractivity contribution in [3.8, 4) is 17.2 Å². The Kier molecular flexibility index (Phi) is 5.47. The Morgan fingerprint density at radius 3 is 2.54 bits per heavy atom. The molecule has 3 aromatic carbocycles. The van der Waals surface area contributed by atoms with Crippen LogP contribution in [0, 0.1) is 17.1 Å². The van der Waals surface area contributed by atoms with E-state index in [2.05, 4.69) is 0 Å². The molecule has 1 aliphatic heterocycles. The number of rotatable bonds is 4. The monoisotopic (exact) mass is 463 g/mol. The molecular weight excluding hydrogens is 445 g/mol. The van der Waals surface area contributed by atoms with Gasteiger partial charge >= 0.3 is 5.97 Å². The van der Waals surface area contributed by atoms with Gasteiger partial charge in [0.05, 0.1) is 5.69 Å². The molecule has 170 valence electrons. The second-order valence-electron chi connectivity index (χ2n) is 8.03. The van der Waals surface area contributed by atoms with Crippen LogP contribution in [0.3, 0.4) is 0 Å². The molecule has 0 atom stereocenters. The van der Waals surface area contributed by atoms with E-state index in [9.17, 15) is 24.3 Å². The van der Waals surface area contributed by atoms with Crippen LogP contribution in [-0.4, -0.2) is 21.6 Å². The number of hydrogen-bond donors (Lipinski definition) is 1. The molecule has 5 rings (SSSR count). The van der Waals surface area contributed by atoms with Gasteiger partial charge in [0.2, 0.25) is 0 Å². The molecule has 4 aromatic rings. The molecular formula is C28H18FN3O3. The summed E-state index contributed by atoms with van der Waals surface area (Å²) in [5, 5.41) is 19.5. The van der Waals surface area contributed by atoms with Gasteiger partial charge in [0.25, 0.3) is 5.91 Å². The summed E-state index contributed by atoms with van der Waals surface area (Å²) < 4.78 is 15.4. The number of anilines is 1. The minimum Gasteiger partial charge on any atom is -0.480 e. The molecule has 0 saturated carbocycles. The van der Waals surface area contributed by atoms with Gasteiger partial charge in [-0.05, 0) is 47.5 Å². The summed E-state index contributed by atoms with van der Waals surface area (Å²) in [5.41, 5.74) is 4.06. The van der Waals surface area contributed by atoms with E-state index in [1.165, 1.54) is 39.9 Å². The summed E-state index contributed by atoms with van der Waals surface area (Å²) in [4.78, 5) is 26.3. The summed E-state index contributed by atoms with van der Waals surface area (Å²) in [5.74, 6) is -2.13. The number of nitriles is 1. The first-order chi connectivity index (χ1) is 17.0. The number of benzene rings is 3. The van der Waals surface area contributed by atoms with Gasteiger partial charge in [-0.2, -0.15) is 5.26 Å². The Bertz CT molecular complexity index is 1610. The average Bonchev–Trinajstić information content (AvgIpc) is 3.07. The predicted molar refractivity (Wildman–Crippen MR) is 132 cm³/mol. The normalized spacial score (nSPS) is 12.6. The summed E-state index contributed by atoms with van der Waals surface area (Å²) in [7, 11) is 0. The number of carbonyl (C=O) groups excluding carboxylic acids is 1. The average molecular weight is 463 g/mol. The lowest BCUT2D eigenvalue weighted by Crippen LogP contribution is -2.26. The van der Waals surface area contributed by atoms with Gasteiger partial charge < -0.3 is 9.67 Å². The highest BCUT2D eigenvalue weighted by Gasteiger charge is 2.24. The van der Waals surface area contributed by atoms with Crippen LogP contribution in [0.4, 0.5) is 10.1 Å². The molecule has 0 spiro atoms. The molecule has 0 fully saturated rings. The van der Waals surface area contributed by atoms with Crippen LogP contribution in [0.2, 0.25) is 0 Å². The van der Waals surface area contributed by atoms with Crippen molar-refractivity contribution >= 4 is 40.6 Å². The SMILES string of the molecule is N#C/C(=C\c1cn(CC(=O)O)c2ccc(F)cc12)C(=O)N1C=Cc2ccccc2-c2ccccc21. The minimum atomic E-state index is -1.07. The van der Waals surface area contributed by atoms with Crippen molar-refractivity contribution in [1.29, 1.82) is 5.26 Å². The van der Waals surface area contributed by atoms with Gasteiger partial charge in [-0.15, -0.1) is 0 Å². The number of fused-ring (bicyclic) bond motifs is 4. The van der Waals surface area contributed by atoms with Crippen LogP contribution in [0.5, 0.6) is 0 Å². The third-order valence-electron chi connectivity index (χ3n) is 5.87. The van der Waals surface area contributed by atoms with Crippen LogP contribution < -0.4 is 4.90 Å². The standard InChI is InChI=1S/C28H18FN3O3/c29-21-9-10-25-24(14-21)20(16-31(25)17-27(33)34)13-19(15-30)28(35)32-12-11-18-5-1-2-6-22(18)23-7-3-4-8-26(23)32/h1-14,16H,17H2,(H,33,34)/b19-13+. The number of aliphatic carboxylic acids is 1. The number of carbonyl (C=O) groups is 2. The fourth-order valence-corrected chi connectivity index (χ4v) is 4.33. The van der Waals surface area contributed by atoms with E-state index in [1.807, 2.05) is 60.7 Å². The van der Waals surface area contributed by atoms with Crippen molar-refractivity contribution in [1.82, 2.24) is 4.57 Å². The van der Waals surface area contributed by atoms with Crippen LogP contribution in [0.25, 0.3) is 34.2 Å². The quantitative estimate of drug-likeness (QED) is 0.322. The molecule has 1 amide bonds. The number of aromatic nitrogens is 1. The smallest absolute Gasteiger partial charge is 0.323 e. The molecule has 0 aliphatic carbocycles. The van der Waals surface area contributed by atoms with Crippen molar-refractivity contribution < 1.29 is 19.1 Å². The first-order valence-corrected chi connectivity index (χ1v) is 10.8. The molecule has 1 N–H and O–H groups in total. The lowest BCUT2D eigenvalue weighted by molar-refractivity contribution is -0.137. The summed E-state index contributed by atoms with van der Waals surface area (Å²) in [6, 6.07) is 21.1. The molecule has 1 aliphatic rings. The Hall–Kier alpha value is -4.96. The van der Waals surface area contributed by atoms with Crippen molar-refractivity contribution in [3.05, 3.63) is 102 Å². The van der Waals surface area contributed by atoms with E-state index in [4.69, 9.17) is 0 Å². The van der Waals surface area contributed by atoms with E-state index >= 15 is 0 Å². The predicted octanol–water partition coefficient (Wildman–Crippen LogP) is 5.46. The van der Waals surface area contributed by atoms with Gasteiger partial charge in [-0.25, -0.2) is 4.39 Å². The van der Waals surface area contributed by atoms with Gasteiger partial charge in [-0.3, -0.25) is 14.5 Å². The molecule has 2 heterocycles. The number of nitrogens with zero attached hydrogens (tertiary/aromatic N) is 3. The summed E-state index contributed by atoms with van der Waals surface area (Å²) >= 11 is 0. The highest BCUT2D eigenvalue weighted by molar-refractivity contribution is 6.15. The Balaban J connectivity index is 1.62. The number of amides is 1. The van der Waals surface area contributed by atoms with Gasteiger partial charge in [-0.1, -0.05) is 42.5 Å². The molecule has 0 saturated heterocycles. The van der Waals surface area contributed by atoms with E-state index in [-0.39, 0.29) is 12.1 Å². The molecule has 6 nitrogen and oxygen atoms in total. The number of para-hydroxylation sites is 1. The van der Waals surface area contributed by atoms with Gasteiger partial charge in [0, 0.05) is 34.4 Å². The number of hydrogen-bond acceptors (Lipinski definition) is 3.